The zero-order chi connectivity index (χ0) is 11.7. The Labute approximate surface area is 106 Å². The van der Waals surface area contributed by atoms with E-state index in [1.165, 1.54) is 25.7 Å². The van der Waals surface area contributed by atoms with E-state index in [0.717, 1.165) is 23.1 Å². The molecule has 0 bridgehead atoms. The molecule has 1 saturated carbocycles. The fraction of sp³-hybridized carbons (Fsp3) is 0.615. The largest absolute Gasteiger partial charge is 0.308 e. The molecule has 0 unspecified atom stereocenters. The molecule has 2 aromatic rings. The second-order valence-electron chi connectivity index (χ2n) is 5.04. The van der Waals surface area contributed by atoms with E-state index in [1.807, 2.05) is 0 Å². The first-order valence-corrected chi connectivity index (χ1v) is 7.35. The van der Waals surface area contributed by atoms with Gasteiger partial charge < -0.3 is 5.32 Å². The molecule has 1 fully saturated rings. The van der Waals surface area contributed by atoms with E-state index < -0.39 is 0 Å². The molecule has 3 nitrogen and oxygen atoms in total. The van der Waals surface area contributed by atoms with Gasteiger partial charge in [0.1, 0.15) is 0 Å². The topological polar surface area (TPSA) is 29.3 Å². The quantitative estimate of drug-likeness (QED) is 0.902. The van der Waals surface area contributed by atoms with Crippen LogP contribution in [0.1, 0.15) is 38.3 Å². The molecule has 0 amide bonds. The Bertz CT molecular complexity index is 453. The lowest BCUT2D eigenvalue weighted by Gasteiger charge is -2.19. The molecule has 0 radical (unpaired) electrons. The summed E-state index contributed by atoms with van der Waals surface area (Å²) in [6.07, 6.45) is 9.81. The van der Waals surface area contributed by atoms with Crippen LogP contribution in [0.15, 0.2) is 17.8 Å². The number of nitrogens with one attached hydrogen (secondary N) is 1. The molecule has 17 heavy (non-hydrogen) atoms. The molecule has 3 rings (SSSR count). The van der Waals surface area contributed by atoms with Crippen LogP contribution in [0.2, 0.25) is 0 Å². The van der Waals surface area contributed by atoms with Crippen molar-refractivity contribution in [3.8, 4) is 0 Å². The Morgan fingerprint density at radius 3 is 3.12 bits per heavy atom. The molecule has 4 heteroatoms. The van der Waals surface area contributed by atoms with E-state index in [2.05, 4.69) is 39.4 Å². The average molecular weight is 249 g/mol. The first-order valence-electron chi connectivity index (χ1n) is 6.47. The van der Waals surface area contributed by atoms with E-state index >= 15 is 0 Å². The van der Waals surface area contributed by atoms with E-state index in [9.17, 15) is 0 Å². The van der Waals surface area contributed by atoms with Crippen molar-refractivity contribution in [3.63, 3.8) is 0 Å². The molecule has 0 aromatic carbocycles. The van der Waals surface area contributed by atoms with Crippen molar-refractivity contribution >= 4 is 16.3 Å². The van der Waals surface area contributed by atoms with E-state index in [-0.39, 0.29) is 0 Å². The monoisotopic (exact) mass is 249 g/mol. The van der Waals surface area contributed by atoms with Crippen molar-refractivity contribution in [3.05, 3.63) is 23.5 Å². The van der Waals surface area contributed by atoms with Gasteiger partial charge in [-0.1, -0.05) is 12.8 Å². The highest BCUT2D eigenvalue weighted by atomic mass is 32.1. The number of aromatic nitrogens is 2. The zero-order valence-electron chi connectivity index (χ0n) is 10.2. The minimum absolute atomic E-state index is 0.622. The maximum Gasteiger partial charge on any atom is 0.193 e. The van der Waals surface area contributed by atoms with Gasteiger partial charge in [-0.05, 0) is 25.7 Å². The number of imidazole rings is 1. The van der Waals surface area contributed by atoms with Crippen LogP contribution in [0.3, 0.4) is 0 Å². The summed E-state index contributed by atoms with van der Waals surface area (Å²) in [4.78, 5) is 5.68. The summed E-state index contributed by atoms with van der Waals surface area (Å²) in [6, 6.07) is 0.622. The maximum absolute atomic E-state index is 4.59. The SMILES string of the molecule is C[C@@H](NCc1cn2ccsc2n1)C1CCCC1. The molecule has 0 spiro atoms. The van der Waals surface area contributed by atoms with Crippen molar-refractivity contribution in [2.75, 3.05) is 0 Å². The van der Waals surface area contributed by atoms with Crippen molar-refractivity contribution in [2.24, 2.45) is 5.92 Å². The molecular formula is C13H19N3S. The summed E-state index contributed by atoms with van der Waals surface area (Å²) in [5.41, 5.74) is 1.15. The smallest absolute Gasteiger partial charge is 0.193 e. The van der Waals surface area contributed by atoms with Gasteiger partial charge in [-0.3, -0.25) is 4.40 Å². The Hall–Kier alpha value is -0.870. The predicted octanol–water partition coefficient (Wildman–Crippen LogP) is 3.06. The van der Waals surface area contributed by atoms with Gasteiger partial charge in [0.2, 0.25) is 0 Å². The number of fused-ring (bicyclic) bond motifs is 1. The fourth-order valence-corrected chi connectivity index (χ4v) is 3.47. The summed E-state index contributed by atoms with van der Waals surface area (Å²) in [5.74, 6) is 0.874. The minimum Gasteiger partial charge on any atom is -0.308 e. The van der Waals surface area contributed by atoms with Crippen molar-refractivity contribution in [1.29, 1.82) is 0 Å². The van der Waals surface area contributed by atoms with E-state index in [1.54, 1.807) is 11.3 Å². The number of hydrogen-bond acceptors (Lipinski definition) is 3. The number of nitrogens with zero attached hydrogens (tertiary/aromatic N) is 2. The van der Waals surface area contributed by atoms with Crippen LogP contribution >= 0.6 is 11.3 Å². The van der Waals surface area contributed by atoms with Crippen LogP contribution in [0.4, 0.5) is 0 Å². The summed E-state index contributed by atoms with van der Waals surface area (Å²) in [5, 5.41) is 5.69. The van der Waals surface area contributed by atoms with Gasteiger partial charge in [0, 0.05) is 30.4 Å². The van der Waals surface area contributed by atoms with Crippen molar-refractivity contribution < 1.29 is 0 Å². The molecule has 1 aliphatic rings. The van der Waals surface area contributed by atoms with Crippen LogP contribution in [0.5, 0.6) is 0 Å². The molecule has 1 N–H and O–H groups in total. The summed E-state index contributed by atoms with van der Waals surface area (Å²) in [6.45, 7) is 3.21. The van der Waals surface area contributed by atoms with Gasteiger partial charge in [0.05, 0.1) is 5.69 Å². The van der Waals surface area contributed by atoms with Crippen LogP contribution in [0, 0.1) is 5.92 Å². The first kappa shape index (κ1) is 11.2. The molecule has 0 saturated heterocycles. The third-order valence-electron chi connectivity index (χ3n) is 3.86. The Balaban J connectivity index is 1.58. The zero-order valence-corrected chi connectivity index (χ0v) is 11.0. The molecular weight excluding hydrogens is 230 g/mol. The molecule has 0 aliphatic heterocycles. The fourth-order valence-electron chi connectivity index (χ4n) is 2.75. The molecule has 1 atom stereocenters. The lowest BCUT2D eigenvalue weighted by atomic mass is 10.00. The van der Waals surface area contributed by atoms with Crippen molar-refractivity contribution in [2.45, 2.75) is 45.2 Å². The van der Waals surface area contributed by atoms with Gasteiger partial charge in [-0.25, -0.2) is 4.98 Å². The maximum atomic E-state index is 4.59. The average Bonchev–Trinajstić information content (AvgIpc) is 3.01. The van der Waals surface area contributed by atoms with Gasteiger partial charge in [0.25, 0.3) is 0 Å². The first-order chi connectivity index (χ1) is 8.33. The molecule has 1 aliphatic carbocycles. The summed E-state index contributed by atoms with van der Waals surface area (Å²) >= 11 is 1.69. The third kappa shape index (κ3) is 2.38. The third-order valence-corrected chi connectivity index (χ3v) is 4.63. The van der Waals surface area contributed by atoms with Gasteiger partial charge in [-0.15, -0.1) is 11.3 Å². The second kappa shape index (κ2) is 4.78. The van der Waals surface area contributed by atoms with Gasteiger partial charge >= 0.3 is 0 Å². The summed E-state index contributed by atoms with van der Waals surface area (Å²) < 4.78 is 2.10. The number of hydrogen-bond donors (Lipinski definition) is 1. The lowest BCUT2D eigenvalue weighted by molar-refractivity contribution is 0.379. The van der Waals surface area contributed by atoms with Gasteiger partial charge in [-0.2, -0.15) is 0 Å². The molecule has 2 aromatic heterocycles. The second-order valence-corrected chi connectivity index (χ2v) is 5.91. The van der Waals surface area contributed by atoms with Crippen LogP contribution in [-0.4, -0.2) is 15.4 Å². The highest BCUT2D eigenvalue weighted by Gasteiger charge is 2.21. The van der Waals surface area contributed by atoms with Crippen LogP contribution in [-0.2, 0) is 6.54 Å². The Morgan fingerprint density at radius 2 is 2.35 bits per heavy atom. The predicted molar refractivity (Wildman–Crippen MR) is 71.3 cm³/mol. The Morgan fingerprint density at radius 1 is 1.53 bits per heavy atom. The number of thiazole rings is 1. The molecule has 92 valence electrons. The molecule has 2 heterocycles. The van der Waals surface area contributed by atoms with Crippen LogP contribution in [0.25, 0.3) is 4.96 Å². The lowest BCUT2D eigenvalue weighted by Crippen LogP contribution is -2.31. The number of rotatable bonds is 4. The highest BCUT2D eigenvalue weighted by molar-refractivity contribution is 7.15. The highest BCUT2D eigenvalue weighted by Crippen LogP contribution is 2.27. The minimum atomic E-state index is 0.622. The van der Waals surface area contributed by atoms with E-state index in [4.69, 9.17) is 0 Å². The summed E-state index contributed by atoms with van der Waals surface area (Å²) in [7, 11) is 0. The van der Waals surface area contributed by atoms with Crippen molar-refractivity contribution in [1.82, 2.24) is 14.7 Å². The standard InChI is InChI=1S/C13H19N3S/c1-10(11-4-2-3-5-11)14-8-12-9-16-6-7-17-13(16)15-12/h6-7,9-11,14H,2-5,8H2,1H3/t10-/m1/s1. The van der Waals surface area contributed by atoms with Crippen LogP contribution < -0.4 is 5.32 Å². The van der Waals surface area contributed by atoms with Gasteiger partial charge in [0.15, 0.2) is 4.96 Å². The normalized spacial score (nSPS) is 19.1. The van der Waals surface area contributed by atoms with E-state index in [0.29, 0.717) is 6.04 Å². The Kier molecular flexibility index (Phi) is 3.16.